The Hall–Kier alpha value is -1.84. The van der Waals surface area contributed by atoms with Crippen LogP contribution in [0.25, 0.3) is 0 Å². The molecule has 23 heavy (non-hydrogen) atoms. The average molecular weight is 317 g/mol. The van der Waals surface area contributed by atoms with Gasteiger partial charge >= 0.3 is 6.09 Å². The molecule has 1 aromatic carbocycles. The van der Waals surface area contributed by atoms with Gasteiger partial charge < -0.3 is 4.74 Å². The minimum atomic E-state index is -0.464. The number of halogens is 1. The van der Waals surface area contributed by atoms with Gasteiger partial charge in [-0.15, -0.1) is 0 Å². The van der Waals surface area contributed by atoms with E-state index in [1.807, 2.05) is 37.8 Å². The second kappa shape index (κ2) is 5.99. The van der Waals surface area contributed by atoms with Crippen molar-refractivity contribution in [1.29, 1.82) is 0 Å². The third-order valence-electron chi connectivity index (χ3n) is 4.42. The number of ether oxygens (including phenoxy) is 1. The van der Waals surface area contributed by atoms with Gasteiger partial charge in [-0.2, -0.15) is 0 Å². The predicted molar refractivity (Wildman–Crippen MR) is 87.7 cm³/mol. The van der Waals surface area contributed by atoms with E-state index in [2.05, 4.69) is 6.08 Å². The first-order valence-electron chi connectivity index (χ1n) is 8.27. The number of carbonyl (C=O) groups is 1. The van der Waals surface area contributed by atoms with Crippen LogP contribution in [-0.4, -0.2) is 28.7 Å². The van der Waals surface area contributed by atoms with E-state index >= 15 is 0 Å². The van der Waals surface area contributed by atoms with Crippen LogP contribution in [-0.2, 0) is 11.2 Å². The van der Waals surface area contributed by atoms with E-state index in [9.17, 15) is 9.18 Å². The molecule has 1 saturated heterocycles. The molecule has 1 amide bonds. The summed E-state index contributed by atoms with van der Waals surface area (Å²) in [6, 6.07) is 7.03. The second-order valence-corrected chi connectivity index (χ2v) is 7.52. The quantitative estimate of drug-likeness (QED) is 0.753. The molecular weight excluding hydrogens is 293 g/mol. The number of nitrogens with zero attached hydrogens (tertiary/aromatic N) is 1. The lowest BCUT2D eigenvalue weighted by Gasteiger charge is -2.35. The van der Waals surface area contributed by atoms with E-state index in [1.54, 1.807) is 0 Å². The Kier molecular flexibility index (Phi) is 4.17. The topological polar surface area (TPSA) is 29.5 Å². The van der Waals surface area contributed by atoms with Gasteiger partial charge in [-0.1, -0.05) is 23.8 Å². The zero-order valence-corrected chi connectivity index (χ0v) is 14.0. The predicted octanol–water partition coefficient (Wildman–Crippen LogP) is 4.47. The van der Waals surface area contributed by atoms with Crippen LogP contribution in [0.4, 0.5) is 9.18 Å². The summed E-state index contributed by atoms with van der Waals surface area (Å²) in [4.78, 5) is 14.3. The highest BCUT2D eigenvalue weighted by molar-refractivity contribution is 5.70. The first-order valence-corrected chi connectivity index (χ1v) is 8.27. The van der Waals surface area contributed by atoms with E-state index < -0.39 is 5.60 Å². The fourth-order valence-corrected chi connectivity index (χ4v) is 3.51. The number of carbonyl (C=O) groups excluding carboxylic acids is 1. The van der Waals surface area contributed by atoms with Crippen molar-refractivity contribution in [1.82, 2.24) is 4.90 Å². The van der Waals surface area contributed by atoms with Crippen LogP contribution in [0.15, 0.2) is 35.9 Å². The number of benzene rings is 1. The fraction of sp³-hybridized carbons (Fsp3) is 0.526. The average Bonchev–Trinajstić information content (AvgIpc) is 2.72. The van der Waals surface area contributed by atoms with Crippen molar-refractivity contribution < 1.29 is 13.9 Å². The third kappa shape index (κ3) is 3.74. The minimum absolute atomic E-state index is 0.138. The van der Waals surface area contributed by atoms with E-state index in [0.717, 1.165) is 31.2 Å². The van der Waals surface area contributed by atoms with Gasteiger partial charge in [0.25, 0.3) is 0 Å². The molecule has 0 N–H and O–H groups in total. The number of fused-ring (bicyclic) bond motifs is 2. The van der Waals surface area contributed by atoms with E-state index in [4.69, 9.17) is 4.74 Å². The Labute approximate surface area is 137 Å². The third-order valence-corrected chi connectivity index (χ3v) is 4.42. The molecule has 3 rings (SSSR count). The highest BCUT2D eigenvalue weighted by Gasteiger charge is 2.41. The molecule has 4 heteroatoms. The number of amides is 1. The summed E-state index contributed by atoms with van der Waals surface area (Å²) in [6.07, 6.45) is 5.73. The largest absolute Gasteiger partial charge is 0.444 e. The summed E-state index contributed by atoms with van der Waals surface area (Å²) in [5.41, 5.74) is 1.99. The van der Waals surface area contributed by atoms with Gasteiger partial charge in [0.1, 0.15) is 11.4 Å². The molecule has 2 bridgehead atoms. The zero-order valence-electron chi connectivity index (χ0n) is 14.0. The molecule has 1 aromatic rings. The maximum Gasteiger partial charge on any atom is 0.411 e. The Bertz CT molecular complexity index is 615. The Morgan fingerprint density at radius 2 is 1.96 bits per heavy atom. The van der Waals surface area contributed by atoms with Gasteiger partial charge in [0.05, 0.1) is 6.04 Å². The molecule has 2 heterocycles. The highest BCUT2D eigenvalue weighted by atomic mass is 19.1. The van der Waals surface area contributed by atoms with Gasteiger partial charge in [0.15, 0.2) is 0 Å². The van der Waals surface area contributed by atoms with Crippen molar-refractivity contribution in [2.45, 2.75) is 64.1 Å². The number of hydrogen-bond acceptors (Lipinski definition) is 2. The molecule has 124 valence electrons. The highest BCUT2D eigenvalue weighted by Crippen LogP contribution is 2.36. The van der Waals surface area contributed by atoms with Gasteiger partial charge in [-0.05, 0) is 64.2 Å². The summed E-state index contributed by atoms with van der Waals surface area (Å²) in [7, 11) is 0. The van der Waals surface area contributed by atoms with Crippen LogP contribution in [0.1, 0.15) is 45.6 Å². The number of hydrogen-bond donors (Lipinski definition) is 0. The van der Waals surface area contributed by atoms with Gasteiger partial charge in [0.2, 0.25) is 0 Å². The summed E-state index contributed by atoms with van der Waals surface area (Å²) >= 11 is 0. The number of rotatable bonds is 2. The molecule has 0 spiro atoms. The van der Waals surface area contributed by atoms with Crippen molar-refractivity contribution in [2.24, 2.45) is 0 Å². The maximum atomic E-state index is 13.0. The van der Waals surface area contributed by atoms with Crippen LogP contribution in [0.3, 0.4) is 0 Å². The van der Waals surface area contributed by atoms with Gasteiger partial charge in [0, 0.05) is 6.04 Å². The molecule has 0 aliphatic carbocycles. The SMILES string of the molecule is CC(C)(C)OC(=O)N1C2C=C(Cc3ccc(F)cc3)CC1CC2. The summed E-state index contributed by atoms with van der Waals surface area (Å²) < 4.78 is 18.5. The lowest BCUT2D eigenvalue weighted by Crippen LogP contribution is -2.45. The van der Waals surface area contributed by atoms with E-state index in [0.29, 0.717) is 0 Å². The molecule has 2 aliphatic heterocycles. The van der Waals surface area contributed by atoms with Crippen molar-refractivity contribution >= 4 is 6.09 Å². The molecule has 1 fully saturated rings. The van der Waals surface area contributed by atoms with Crippen LogP contribution in [0.2, 0.25) is 0 Å². The van der Waals surface area contributed by atoms with Crippen LogP contribution < -0.4 is 0 Å². The zero-order chi connectivity index (χ0) is 16.6. The van der Waals surface area contributed by atoms with Crippen molar-refractivity contribution in [2.75, 3.05) is 0 Å². The van der Waals surface area contributed by atoms with Crippen molar-refractivity contribution in [3.8, 4) is 0 Å². The molecule has 3 nitrogen and oxygen atoms in total. The molecule has 0 radical (unpaired) electrons. The normalized spacial score (nSPS) is 23.7. The first-order chi connectivity index (χ1) is 10.8. The van der Waals surface area contributed by atoms with Gasteiger partial charge in [-0.25, -0.2) is 9.18 Å². The van der Waals surface area contributed by atoms with Crippen molar-refractivity contribution in [3.63, 3.8) is 0 Å². The van der Waals surface area contributed by atoms with Crippen molar-refractivity contribution in [3.05, 3.63) is 47.3 Å². The summed E-state index contributed by atoms with van der Waals surface area (Å²) in [5, 5.41) is 0. The van der Waals surface area contributed by atoms with E-state index in [1.165, 1.54) is 17.7 Å². The molecule has 2 unspecified atom stereocenters. The van der Waals surface area contributed by atoms with Crippen LogP contribution in [0, 0.1) is 5.82 Å². The molecule has 0 aromatic heterocycles. The lowest BCUT2D eigenvalue weighted by atomic mass is 9.95. The van der Waals surface area contributed by atoms with Crippen LogP contribution in [0.5, 0.6) is 0 Å². The smallest absolute Gasteiger partial charge is 0.411 e. The summed E-state index contributed by atoms with van der Waals surface area (Å²) in [6.45, 7) is 5.69. The fourth-order valence-electron chi connectivity index (χ4n) is 3.51. The molecule has 2 aliphatic rings. The monoisotopic (exact) mass is 317 g/mol. The Morgan fingerprint density at radius 3 is 2.57 bits per heavy atom. The molecule has 2 atom stereocenters. The first kappa shape index (κ1) is 16.0. The molecular formula is C19H24FNO2. The minimum Gasteiger partial charge on any atom is -0.444 e. The van der Waals surface area contributed by atoms with Gasteiger partial charge in [-0.3, -0.25) is 4.90 Å². The summed E-state index contributed by atoms with van der Waals surface area (Å²) in [5.74, 6) is -0.206. The Morgan fingerprint density at radius 1 is 1.26 bits per heavy atom. The van der Waals surface area contributed by atoms with Crippen LogP contribution >= 0.6 is 0 Å². The Balaban J connectivity index is 1.70. The lowest BCUT2D eigenvalue weighted by molar-refractivity contribution is 0.0166. The maximum absolute atomic E-state index is 13.0. The molecule has 0 saturated carbocycles. The standard InChI is InChI=1S/C19H24FNO2/c1-19(2,3)23-18(22)21-16-8-9-17(21)12-14(11-16)10-13-4-6-15(20)7-5-13/h4-7,11,16-17H,8-10,12H2,1-3H3. The van der Waals surface area contributed by atoms with E-state index in [-0.39, 0.29) is 24.0 Å². The second-order valence-electron chi connectivity index (χ2n) is 7.52.